The van der Waals surface area contributed by atoms with Crippen LogP contribution in [0.4, 0.5) is 4.39 Å². The van der Waals surface area contributed by atoms with Crippen molar-refractivity contribution in [3.8, 4) is 0 Å². The number of pyridine rings is 1. The molecule has 0 radical (unpaired) electrons. The predicted octanol–water partition coefficient (Wildman–Crippen LogP) is 3.64. The minimum atomic E-state index is -0.926. The van der Waals surface area contributed by atoms with E-state index in [4.69, 9.17) is 11.6 Å². The molecule has 0 bridgehead atoms. The van der Waals surface area contributed by atoms with E-state index < -0.39 is 6.17 Å². The summed E-state index contributed by atoms with van der Waals surface area (Å²) < 4.78 is 13.4. The molecule has 1 aromatic heterocycles. The summed E-state index contributed by atoms with van der Waals surface area (Å²) in [6.45, 7) is 2.07. The second-order valence-electron chi connectivity index (χ2n) is 3.54. The van der Waals surface area contributed by atoms with E-state index in [1.54, 1.807) is 12.3 Å². The third-order valence-electron chi connectivity index (χ3n) is 2.61. The minimum Gasteiger partial charge on any atom is -0.258 e. The largest absolute Gasteiger partial charge is 0.258 e. The molecule has 0 unspecified atom stereocenters. The summed E-state index contributed by atoms with van der Waals surface area (Å²) in [4.78, 5) is 4.05. The molecule has 0 spiro atoms. The van der Waals surface area contributed by atoms with Crippen molar-refractivity contribution >= 4 is 11.6 Å². The molecule has 1 aromatic rings. The highest BCUT2D eigenvalue weighted by Crippen LogP contribution is 2.41. The summed E-state index contributed by atoms with van der Waals surface area (Å²) in [6.07, 6.45) is 2.08. The molecule has 70 valence electrons. The van der Waals surface area contributed by atoms with Gasteiger partial charge in [-0.25, -0.2) is 4.39 Å². The fourth-order valence-corrected chi connectivity index (χ4v) is 2.22. The topological polar surface area (TPSA) is 12.9 Å². The zero-order valence-electron chi connectivity index (χ0n) is 7.43. The Morgan fingerprint density at radius 3 is 3.00 bits per heavy atom. The zero-order valence-corrected chi connectivity index (χ0v) is 8.18. The lowest BCUT2D eigenvalue weighted by Gasteiger charge is -2.24. The van der Waals surface area contributed by atoms with E-state index in [1.807, 2.05) is 0 Å². The van der Waals surface area contributed by atoms with Gasteiger partial charge in [-0.1, -0.05) is 18.5 Å². The van der Waals surface area contributed by atoms with Crippen LogP contribution in [-0.4, -0.2) is 4.98 Å². The van der Waals surface area contributed by atoms with Crippen molar-refractivity contribution in [2.45, 2.75) is 31.9 Å². The highest BCUT2D eigenvalue weighted by Gasteiger charge is 2.27. The Balaban J connectivity index is 2.56. The minimum absolute atomic E-state index is 0.336. The Hall–Kier alpha value is -0.630. The van der Waals surface area contributed by atoms with Crippen molar-refractivity contribution in [3.05, 3.63) is 28.5 Å². The van der Waals surface area contributed by atoms with Crippen molar-refractivity contribution in [1.29, 1.82) is 0 Å². The zero-order chi connectivity index (χ0) is 9.42. The van der Waals surface area contributed by atoms with Gasteiger partial charge in [0.05, 0.1) is 5.69 Å². The molecule has 0 aromatic carbocycles. The summed E-state index contributed by atoms with van der Waals surface area (Å²) in [7, 11) is 0. The van der Waals surface area contributed by atoms with Crippen LogP contribution < -0.4 is 0 Å². The first-order valence-corrected chi connectivity index (χ1v) is 4.86. The van der Waals surface area contributed by atoms with Gasteiger partial charge in [0.25, 0.3) is 0 Å². The van der Waals surface area contributed by atoms with Gasteiger partial charge in [0.15, 0.2) is 0 Å². The van der Waals surface area contributed by atoms with Crippen LogP contribution in [0.15, 0.2) is 12.3 Å². The predicted molar refractivity (Wildman–Crippen MR) is 50.7 cm³/mol. The van der Waals surface area contributed by atoms with Gasteiger partial charge >= 0.3 is 0 Å². The third-order valence-corrected chi connectivity index (χ3v) is 2.94. The third kappa shape index (κ3) is 1.44. The second kappa shape index (κ2) is 3.26. The second-order valence-corrected chi connectivity index (χ2v) is 3.94. The van der Waals surface area contributed by atoms with E-state index >= 15 is 0 Å². The van der Waals surface area contributed by atoms with Gasteiger partial charge < -0.3 is 0 Å². The molecule has 1 heterocycles. The van der Waals surface area contributed by atoms with Gasteiger partial charge in [-0.3, -0.25) is 4.98 Å². The number of nitrogens with zero attached hydrogens (tertiary/aromatic N) is 1. The van der Waals surface area contributed by atoms with Gasteiger partial charge in [0.1, 0.15) is 6.17 Å². The van der Waals surface area contributed by atoms with Crippen molar-refractivity contribution in [2.24, 2.45) is 0 Å². The maximum atomic E-state index is 13.4. The van der Waals surface area contributed by atoms with E-state index in [1.165, 1.54) is 0 Å². The number of hydrogen-bond donors (Lipinski definition) is 0. The molecule has 2 rings (SSSR count). The average molecular weight is 200 g/mol. The lowest BCUT2D eigenvalue weighted by molar-refractivity contribution is 0.283. The Morgan fingerprint density at radius 2 is 2.31 bits per heavy atom. The SMILES string of the molecule is C[C@H]1CC[C@@H](F)c2nccc(Cl)c21. The van der Waals surface area contributed by atoms with Crippen molar-refractivity contribution < 1.29 is 4.39 Å². The lowest BCUT2D eigenvalue weighted by atomic mass is 9.86. The first-order chi connectivity index (χ1) is 6.20. The summed E-state index contributed by atoms with van der Waals surface area (Å²) in [5.41, 5.74) is 1.45. The summed E-state index contributed by atoms with van der Waals surface area (Å²) in [5.74, 6) is 0.336. The molecule has 3 heteroatoms. The molecule has 0 N–H and O–H groups in total. The molecule has 13 heavy (non-hydrogen) atoms. The number of hydrogen-bond acceptors (Lipinski definition) is 1. The summed E-state index contributed by atoms with van der Waals surface area (Å²) in [6, 6.07) is 1.73. The highest BCUT2D eigenvalue weighted by atomic mass is 35.5. The number of alkyl halides is 1. The molecular formula is C10H11ClFN. The van der Waals surface area contributed by atoms with Crippen LogP contribution >= 0.6 is 11.6 Å². The quantitative estimate of drug-likeness (QED) is 0.622. The molecule has 0 fully saturated rings. The highest BCUT2D eigenvalue weighted by molar-refractivity contribution is 6.31. The molecule has 0 amide bonds. The van der Waals surface area contributed by atoms with Crippen molar-refractivity contribution in [1.82, 2.24) is 4.98 Å². The van der Waals surface area contributed by atoms with Crippen LogP contribution in [0.1, 0.15) is 43.1 Å². The molecule has 1 aliphatic rings. The van der Waals surface area contributed by atoms with Crippen LogP contribution in [0.3, 0.4) is 0 Å². The Bertz CT molecular complexity index is 327. The molecule has 0 saturated carbocycles. The first kappa shape index (κ1) is 8.95. The van der Waals surface area contributed by atoms with Crippen LogP contribution in [-0.2, 0) is 0 Å². The number of aromatic nitrogens is 1. The van der Waals surface area contributed by atoms with Gasteiger partial charge in [-0.15, -0.1) is 0 Å². The lowest BCUT2D eigenvalue weighted by Crippen LogP contribution is -2.12. The fourth-order valence-electron chi connectivity index (χ4n) is 1.88. The molecular weight excluding hydrogens is 189 g/mol. The van der Waals surface area contributed by atoms with Crippen molar-refractivity contribution in [3.63, 3.8) is 0 Å². The van der Waals surface area contributed by atoms with Crippen LogP contribution in [0.2, 0.25) is 5.02 Å². The van der Waals surface area contributed by atoms with Crippen LogP contribution in [0.25, 0.3) is 0 Å². The van der Waals surface area contributed by atoms with E-state index in [0.29, 0.717) is 23.1 Å². The van der Waals surface area contributed by atoms with Gasteiger partial charge in [-0.2, -0.15) is 0 Å². The number of halogens is 2. The Morgan fingerprint density at radius 1 is 1.54 bits per heavy atom. The maximum absolute atomic E-state index is 13.4. The molecule has 0 saturated heterocycles. The Labute approximate surface area is 81.9 Å². The van der Waals surface area contributed by atoms with E-state index in [-0.39, 0.29) is 0 Å². The van der Waals surface area contributed by atoms with E-state index in [2.05, 4.69) is 11.9 Å². The van der Waals surface area contributed by atoms with Gasteiger partial charge in [-0.05, 0) is 30.4 Å². The van der Waals surface area contributed by atoms with Crippen LogP contribution in [0.5, 0.6) is 0 Å². The number of fused-ring (bicyclic) bond motifs is 1. The number of rotatable bonds is 0. The first-order valence-electron chi connectivity index (χ1n) is 4.48. The monoisotopic (exact) mass is 199 g/mol. The van der Waals surface area contributed by atoms with Crippen LogP contribution in [0, 0.1) is 0 Å². The molecule has 1 aliphatic carbocycles. The Kier molecular flexibility index (Phi) is 2.24. The van der Waals surface area contributed by atoms with Gasteiger partial charge in [0.2, 0.25) is 0 Å². The summed E-state index contributed by atoms with van der Waals surface area (Å²) >= 11 is 6.00. The smallest absolute Gasteiger partial charge is 0.142 e. The fraction of sp³-hybridized carbons (Fsp3) is 0.500. The van der Waals surface area contributed by atoms with Gasteiger partial charge in [0, 0.05) is 11.2 Å². The maximum Gasteiger partial charge on any atom is 0.142 e. The molecule has 0 aliphatic heterocycles. The van der Waals surface area contributed by atoms with E-state index in [0.717, 1.165) is 12.0 Å². The standard InChI is InChI=1S/C10H11ClFN/c1-6-2-3-8(12)10-9(6)7(11)4-5-13-10/h4-6,8H,2-3H2,1H3/t6-,8+/m0/s1. The average Bonchev–Trinajstić information content (AvgIpc) is 2.12. The normalized spacial score (nSPS) is 27.0. The molecule has 2 atom stereocenters. The molecule has 1 nitrogen and oxygen atoms in total. The van der Waals surface area contributed by atoms with Crippen molar-refractivity contribution in [2.75, 3.05) is 0 Å². The van der Waals surface area contributed by atoms with E-state index in [9.17, 15) is 4.39 Å². The summed E-state index contributed by atoms with van der Waals surface area (Å²) in [5, 5.41) is 0.653.